The lowest BCUT2D eigenvalue weighted by atomic mass is 10.1. The molecule has 0 atom stereocenters. The first-order valence-corrected chi connectivity index (χ1v) is 12.3. The highest BCUT2D eigenvalue weighted by Crippen LogP contribution is 2.23. The number of hydrogen-bond donors (Lipinski definition) is 1. The predicted octanol–water partition coefficient (Wildman–Crippen LogP) is 1.38. The van der Waals surface area contributed by atoms with Crippen LogP contribution in [-0.4, -0.2) is 58.8 Å². The Morgan fingerprint density at radius 3 is 2.15 bits per heavy atom. The van der Waals surface area contributed by atoms with Crippen molar-refractivity contribution in [3.05, 3.63) is 29.8 Å². The standard InChI is InChI=1S/C17H29N3O4S2/c1-3-13-25(21,22)18-15-16-7-5-6-8-17(16)19-9-11-20(12-10-19)26(23,24)14-4-2/h5-8,18H,3-4,9-15H2,1-2H3. The maximum atomic E-state index is 12.2. The van der Waals surface area contributed by atoms with Crippen LogP contribution >= 0.6 is 0 Å². The SMILES string of the molecule is CCCS(=O)(=O)NCc1ccccc1N1CCN(S(=O)(=O)CCC)CC1. The van der Waals surface area contributed by atoms with Crippen molar-refractivity contribution in [1.29, 1.82) is 0 Å². The molecule has 1 aromatic carbocycles. The third-order valence-electron chi connectivity index (χ3n) is 4.38. The van der Waals surface area contributed by atoms with Gasteiger partial charge in [0.05, 0.1) is 11.5 Å². The van der Waals surface area contributed by atoms with E-state index in [9.17, 15) is 16.8 Å². The van der Waals surface area contributed by atoms with Crippen molar-refractivity contribution < 1.29 is 16.8 Å². The quantitative estimate of drug-likeness (QED) is 0.673. The molecule has 7 nitrogen and oxygen atoms in total. The average molecular weight is 404 g/mol. The predicted molar refractivity (Wildman–Crippen MR) is 105 cm³/mol. The Balaban J connectivity index is 2.05. The van der Waals surface area contributed by atoms with E-state index in [0.29, 0.717) is 39.0 Å². The van der Waals surface area contributed by atoms with Gasteiger partial charge in [-0.05, 0) is 24.5 Å². The summed E-state index contributed by atoms with van der Waals surface area (Å²) in [7, 11) is -6.44. The van der Waals surface area contributed by atoms with Gasteiger partial charge < -0.3 is 4.90 Å². The molecule has 1 N–H and O–H groups in total. The number of nitrogens with zero attached hydrogens (tertiary/aromatic N) is 2. The van der Waals surface area contributed by atoms with Gasteiger partial charge in [-0.3, -0.25) is 0 Å². The summed E-state index contributed by atoms with van der Waals surface area (Å²) in [5, 5.41) is 0. The number of anilines is 1. The van der Waals surface area contributed by atoms with Gasteiger partial charge in [-0.2, -0.15) is 4.31 Å². The molecule has 0 bridgehead atoms. The Bertz CT molecular complexity index is 786. The summed E-state index contributed by atoms with van der Waals surface area (Å²) in [6.45, 7) is 6.05. The number of para-hydroxylation sites is 1. The van der Waals surface area contributed by atoms with Crippen molar-refractivity contribution in [2.75, 3.05) is 42.6 Å². The fraction of sp³-hybridized carbons (Fsp3) is 0.647. The van der Waals surface area contributed by atoms with Crippen molar-refractivity contribution >= 4 is 25.7 Å². The van der Waals surface area contributed by atoms with Crippen LogP contribution in [0.2, 0.25) is 0 Å². The second-order valence-corrected chi connectivity index (χ2v) is 10.5. The number of piperazine rings is 1. The van der Waals surface area contributed by atoms with Gasteiger partial charge in [0.1, 0.15) is 0 Å². The first-order valence-electron chi connectivity index (χ1n) is 9.07. The zero-order valence-electron chi connectivity index (χ0n) is 15.5. The Labute approximate surface area is 157 Å². The normalized spacial score (nSPS) is 16.8. The Morgan fingerprint density at radius 2 is 1.54 bits per heavy atom. The molecule has 9 heteroatoms. The highest BCUT2D eigenvalue weighted by molar-refractivity contribution is 7.89. The van der Waals surface area contributed by atoms with Gasteiger partial charge in [0.25, 0.3) is 0 Å². The van der Waals surface area contributed by atoms with E-state index < -0.39 is 20.0 Å². The number of benzene rings is 1. The molecule has 148 valence electrons. The highest BCUT2D eigenvalue weighted by Gasteiger charge is 2.27. The van der Waals surface area contributed by atoms with E-state index in [1.54, 1.807) is 4.31 Å². The van der Waals surface area contributed by atoms with Crippen LogP contribution in [0.5, 0.6) is 0 Å². The van der Waals surface area contributed by atoms with E-state index in [4.69, 9.17) is 0 Å². The molecule has 2 rings (SSSR count). The molecule has 1 aliphatic heterocycles. The van der Waals surface area contributed by atoms with Crippen LogP contribution < -0.4 is 9.62 Å². The highest BCUT2D eigenvalue weighted by atomic mass is 32.2. The second kappa shape index (κ2) is 9.16. The van der Waals surface area contributed by atoms with Crippen LogP contribution in [0, 0.1) is 0 Å². The fourth-order valence-corrected chi connectivity index (χ4v) is 5.64. The summed E-state index contributed by atoms with van der Waals surface area (Å²) in [4.78, 5) is 2.13. The lowest BCUT2D eigenvalue weighted by Gasteiger charge is -2.36. The summed E-state index contributed by atoms with van der Waals surface area (Å²) in [5.74, 6) is 0.298. The van der Waals surface area contributed by atoms with Crippen molar-refractivity contribution in [3.63, 3.8) is 0 Å². The van der Waals surface area contributed by atoms with E-state index in [0.717, 1.165) is 11.3 Å². The Kier molecular flexibility index (Phi) is 7.45. The van der Waals surface area contributed by atoms with Gasteiger partial charge in [0, 0.05) is 38.4 Å². The summed E-state index contributed by atoms with van der Waals surface area (Å²) < 4.78 is 52.4. The van der Waals surface area contributed by atoms with Gasteiger partial charge in [0.2, 0.25) is 20.0 Å². The van der Waals surface area contributed by atoms with Gasteiger partial charge in [-0.25, -0.2) is 21.6 Å². The molecular formula is C17H29N3O4S2. The van der Waals surface area contributed by atoms with Gasteiger partial charge >= 0.3 is 0 Å². The first-order chi connectivity index (χ1) is 12.3. The zero-order chi connectivity index (χ0) is 19.2. The third-order valence-corrected chi connectivity index (χ3v) is 7.99. The first kappa shape index (κ1) is 21.1. The molecule has 0 radical (unpaired) electrons. The van der Waals surface area contributed by atoms with Gasteiger partial charge in [0.15, 0.2) is 0 Å². The van der Waals surface area contributed by atoms with Crippen LogP contribution in [0.25, 0.3) is 0 Å². The molecule has 1 saturated heterocycles. The van der Waals surface area contributed by atoms with Crippen molar-refractivity contribution in [3.8, 4) is 0 Å². The zero-order valence-corrected chi connectivity index (χ0v) is 17.2. The van der Waals surface area contributed by atoms with E-state index in [2.05, 4.69) is 9.62 Å². The second-order valence-electron chi connectivity index (χ2n) is 6.47. The molecule has 1 fully saturated rings. The van der Waals surface area contributed by atoms with Crippen LogP contribution in [0.3, 0.4) is 0 Å². The minimum absolute atomic E-state index is 0.114. The smallest absolute Gasteiger partial charge is 0.214 e. The lowest BCUT2D eigenvalue weighted by molar-refractivity contribution is 0.384. The van der Waals surface area contributed by atoms with Crippen LogP contribution in [-0.2, 0) is 26.6 Å². The van der Waals surface area contributed by atoms with Gasteiger partial charge in [-0.15, -0.1) is 0 Å². The van der Waals surface area contributed by atoms with Crippen LogP contribution in [0.15, 0.2) is 24.3 Å². The molecule has 0 spiro atoms. The number of hydrogen-bond acceptors (Lipinski definition) is 5. The van der Waals surface area contributed by atoms with Crippen LogP contribution in [0.1, 0.15) is 32.3 Å². The maximum absolute atomic E-state index is 12.2. The van der Waals surface area contributed by atoms with Crippen LogP contribution in [0.4, 0.5) is 5.69 Å². The molecular weight excluding hydrogens is 374 g/mol. The minimum Gasteiger partial charge on any atom is -0.369 e. The summed E-state index contributed by atoms with van der Waals surface area (Å²) in [6.07, 6.45) is 1.19. The molecule has 0 unspecified atom stereocenters. The largest absolute Gasteiger partial charge is 0.369 e. The van der Waals surface area contributed by atoms with E-state index in [-0.39, 0.29) is 18.1 Å². The maximum Gasteiger partial charge on any atom is 0.214 e. The van der Waals surface area contributed by atoms with Crippen molar-refractivity contribution in [2.45, 2.75) is 33.2 Å². The van der Waals surface area contributed by atoms with E-state index >= 15 is 0 Å². The molecule has 1 heterocycles. The van der Waals surface area contributed by atoms with Crippen molar-refractivity contribution in [2.24, 2.45) is 0 Å². The molecule has 0 aromatic heterocycles. The molecule has 1 aromatic rings. The molecule has 0 aliphatic carbocycles. The molecule has 1 aliphatic rings. The number of rotatable bonds is 9. The Morgan fingerprint density at radius 1 is 0.923 bits per heavy atom. The summed E-state index contributed by atoms with van der Waals surface area (Å²) in [5.41, 5.74) is 1.86. The average Bonchev–Trinajstić information content (AvgIpc) is 2.60. The molecule has 26 heavy (non-hydrogen) atoms. The molecule has 0 amide bonds. The fourth-order valence-electron chi connectivity index (χ4n) is 3.09. The number of nitrogens with one attached hydrogen (secondary N) is 1. The number of sulfonamides is 2. The monoisotopic (exact) mass is 403 g/mol. The van der Waals surface area contributed by atoms with Gasteiger partial charge in [-0.1, -0.05) is 32.0 Å². The Hall–Kier alpha value is -1.16. The third kappa shape index (κ3) is 5.67. The lowest BCUT2D eigenvalue weighted by Crippen LogP contribution is -2.49. The van der Waals surface area contributed by atoms with Crippen molar-refractivity contribution in [1.82, 2.24) is 9.03 Å². The van der Waals surface area contributed by atoms with E-state index in [1.807, 2.05) is 38.1 Å². The van der Waals surface area contributed by atoms with E-state index in [1.165, 1.54) is 0 Å². The minimum atomic E-state index is -3.27. The molecule has 0 saturated carbocycles. The summed E-state index contributed by atoms with van der Waals surface area (Å²) >= 11 is 0. The topological polar surface area (TPSA) is 86.8 Å². The summed E-state index contributed by atoms with van der Waals surface area (Å²) in [6, 6.07) is 7.66.